The molecule has 0 spiro atoms. The molecule has 0 radical (unpaired) electrons. The molecule has 3 rings (SSSR count). The molecule has 0 unspecified atom stereocenters. The van der Waals surface area contributed by atoms with Crippen molar-refractivity contribution >= 4 is 5.91 Å². The predicted octanol–water partition coefficient (Wildman–Crippen LogP) is 2.93. The molecule has 1 amide bonds. The van der Waals surface area contributed by atoms with Gasteiger partial charge in [0.2, 0.25) is 0 Å². The molecule has 0 aliphatic heterocycles. The number of carbonyl (C=O) groups excluding carboxylic acids is 1. The summed E-state index contributed by atoms with van der Waals surface area (Å²) in [4.78, 5) is 16.9. The van der Waals surface area contributed by atoms with Crippen molar-refractivity contribution in [2.45, 2.75) is 31.6 Å². The molecule has 1 aliphatic carbocycles. The van der Waals surface area contributed by atoms with E-state index < -0.39 is 18.6 Å². The summed E-state index contributed by atoms with van der Waals surface area (Å²) < 4.78 is 29.5. The fraction of sp³-hybridized carbons (Fsp3) is 0.333. The van der Waals surface area contributed by atoms with E-state index in [1.807, 2.05) is 6.07 Å². The van der Waals surface area contributed by atoms with Gasteiger partial charge in [-0.15, -0.1) is 0 Å². The van der Waals surface area contributed by atoms with Crippen molar-refractivity contribution in [2.75, 3.05) is 0 Å². The lowest BCUT2D eigenvalue weighted by molar-refractivity contribution is -0.0502. The highest BCUT2D eigenvalue weighted by molar-refractivity contribution is 5.97. The molecule has 25 heavy (non-hydrogen) atoms. The topological polar surface area (TPSA) is 71.5 Å². The first kappa shape index (κ1) is 17.3. The lowest BCUT2D eigenvalue weighted by atomic mass is 9.76. The Hall–Kier alpha value is -2.54. The van der Waals surface area contributed by atoms with Gasteiger partial charge >= 0.3 is 6.61 Å². The van der Waals surface area contributed by atoms with E-state index in [4.69, 9.17) is 0 Å². The van der Waals surface area contributed by atoms with Crippen LogP contribution >= 0.6 is 0 Å². The number of alkyl halides is 2. The Bertz CT molecular complexity index is 721. The number of carbonyl (C=O) groups is 1. The van der Waals surface area contributed by atoms with Crippen LogP contribution < -0.4 is 10.1 Å². The van der Waals surface area contributed by atoms with Gasteiger partial charge in [0.15, 0.2) is 0 Å². The lowest BCUT2D eigenvalue weighted by Gasteiger charge is -2.37. The number of ether oxygens (including phenoxy) is 1. The van der Waals surface area contributed by atoms with Crippen LogP contribution in [0, 0.1) is 5.92 Å². The zero-order valence-corrected chi connectivity index (χ0v) is 13.3. The van der Waals surface area contributed by atoms with Crippen LogP contribution in [-0.4, -0.2) is 28.7 Å². The molecule has 1 saturated carbocycles. The highest BCUT2D eigenvalue weighted by Gasteiger charge is 2.36. The Morgan fingerprint density at radius 1 is 1.20 bits per heavy atom. The molecule has 7 heteroatoms. The largest absolute Gasteiger partial charge is 0.434 e. The molecule has 1 aromatic carbocycles. The number of pyridine rings is 1. The van der Waals surface area contributed by atoms with E-state index in [9.17, 15) is 18.7 Å². The van der Waals surface area contributed by atoms with E-state index in [0.29, 0.717) is 18.5 Å². The molecule has 1 aromatic heterocycles. The van der Waals surface area contributed by atoms with Gasteiger partial charge in [0.05, 0.1) is 23.4 Å². The van der Waals surface area contributed by atoms with Crippen LogP contribution in [0.1, 0.15) is 34.9 Å². The number of aliphatic hydroxyl groups excluding tert-OH is 1. The molecular formula is C18H18F2N2O3. The fourth-order valence-electron chi connectivity index (χ4n) is 2.97. The maximum Gasteiger partial charge on any atom is 0.387 e. The fourth-order valence-corrected chi connectivity index (χ4v) is 2.97. The molecule has 2 N–H and O–H groups in total. The summed E-state index contributed by atoms with van der Waals surface area (Å²) in [7, 11) is 0. The molecule has 5 nitrogen and oxygen atoms in total. The molecule has 0 saturated heterocycles. The van der Waals surface area contributed by atoms with Crippen LogP contribution in [-0.2, 0) is 0 Å². The number of aliphatic hydroxyl groups is 1. The molecule has 1 heterocycles. The minimum Gasteiger partial charge on any atom is -0.434 e. The van der Waals surface area contributed by atoms with Crippen LogP contribution in [0.2, 0.25) is 0 Å². The van der Waals surface area contributed by atoms with Crippen molar-refractivity contribution < 1.29 is 23.4 Å². The molecule has 132 valence electrons. The highest BCUT2D eigenvalue weighted by Crippen LogP contribution is 2.37. The average molecular weight is 348 g/mol. The van der Waals surface area contributed by atoms with Crippen molar-refractivity contribution in [3.63, 3.8) is 0 Å². The van der Waals surface area contributed by atoms with E-state index in [-0.39, 0.29) is 23.3 Å². The van der Waals surface area contributed by atoms with Gasteiger partial charge in [0, 0.05) is 6.20 Å². The van der Waals surface area contributed by atoms with Crippen LogP contribution in [0.25, 0.3) is 0 Å². The van der Waals surface area contributed by atoms with Gasteiger partial charge in [-0.3, -0.25) is 9.78 Å². The summed E-state index contributed by atoms with van der Waals surface area (Å²) in [6, 6.07) is 10.8. The molecule has 2 aromatic rings. The maximum atomic E-state index is 12.6. The Morgan fingerprint density at radius 3 is 2.56 bits per heavy atom. The summed E-state index contributed by atoms with van der Waals surface area (Å²) >= 11 is 0. The van der Waals surface area contributed by atoms with Crippen molar-refractivity contribution in [2.24, 2.45) is 5.92 Å². The summed E-state index contributed by atoms with van der Waals surface area (Å²) in [6.45, 7) is -3.01. The van der Waals surface area contributed by atoms with Crippen molar-refractivity contribution in [1.82, 2.24) is 10.3 Å². The smallest absolute Gasteiger partial charge is 0.387 e. The van der Waals surface area contributed by atoms with E-state index in [1.54, 1.807) is 24.4 Å². The van der Waals surface area contributed by atoms with Crippen LogP contribution in [0.15, 0.2) is 48.7 Å². The number of rotatable bonds is 6. The molecule has 1 aliphatic rings. The van der Waals surface area contributed by atoms with Gasteiger partial charge in [0.25, 0.3) is 5.91 Å². The number of hydrogen-bond acceptors (Lipinski definition) is 4. The second-order valence-electron chi connectivity index (χ2n) is 5.97. The Labute approximate surface area is 143 Å². The van der Waals surface area contributed by atoms with Gasteiger partial charge in [-0.2, -0.15) is 8.78 Å². The minimum absolute atomic E-state index is 0.0311. The Balaban J connectivity index is 1.81. The zero-order valence-electron chi connectivity index (χ0n) is 13.3. The van der Waals surface area contributed by atoms with Gasteiger partial charge in [-0.25, -0.2) is 0 Å². The number of para-hydroxylation sites is 1. The highest BCUT2D eigenvalue weighted by atomic mass is 19.3. The van der Waals surface area contributed by atoms with Crippen LogP contribution in [0.5, 0.6) is 5.75 Å². The van der Waals surface area contributed by atoms with Gasteiger partial charge in [0.1, 0.15) is 5.75 Å². The predicted molar refractivity (Wildman–Crippen MR) is 86.2 cm³/mol. The van der Waals surface area contributed by atoms with E-state index >= 15 is 0 Å². The maximum absolute atomic E-state index is 12.6. The summed E-state index contributed by atoms with van der Waals surface area (Å²) in [6.07, 6.45) is 2.34. The third kappa shape index (κ3) is 4.11. The first-order valence-electron chi connectivity index (χ1n) is 7.98. The van der Waals surface area contributed by atoms with Gasteiger partial charge < -0.3 is 15.2 Å². The summed E-state index contributed by atoms with van der Waals surface area (Å²) in [5.41, 5.74) is 0.698. The standard InChI is InChI=1S/C18H18F2N2O3/c19-18(20)25-15-7-2-1-5-13(15)17(24)22-16(11-9-12(23)10-11)14-6-3-4-8-21-14/h1-8,11-12,16,18,23H,9-10H2,(H,22,24)/t11?,12?,16-/m0/s1. The number of halogens is 2. The van der Waals surface area contributed by atoms with Crippen LogP contribution in [0.4, 0.5) is 8.78 Å². The number of benzene rings is 1. The van der Waals surface area contributed by atoms with E-state index in [0.717, 1.165) is 0 Å². The van der Waals surface area contributed by atoms with Gasteiger partial charge in [-0.05, 0) is 43.0 Å². The lowest BCUT2D eigenvalue weighted by Crippen LogP contribution is -2.41. The number of nitrogens with one attached hydrogen (secondary N) is 1. The average Bonchev–Trinajstić information content (AvgIpc) is 2.58. The van der Waals surface area contributed by atoms with Crippen molar-refractivity contribution in [3.05, 3.63) is 59.9 Å². The summed E-state index contributed by atoms with van der Waals surface area (Å²) in [5.74, 6) is -0.659. The van der Waals surface area contributed by atoms with E-state index in [2.05, 4.69) is 15.0 Å². The van der Waals surface area contributed by atoms with Gasteiger partial charge in [-0.1, -0.05) is 18.2 Å². The first-order valence-corrected chi connectivity index (χ1v) is 7.98. The van der Waals surface area contributed by atoms with Crippen molar-refractivity contribution in [3.8, 4) is 5.75 Å². The minimum atomic E-state index is -3.01. The first-order chi connectivity index (χ1) is 12.0. The van der Waals surface area contributed by atoms with Crippen LogP contribution in [0.3, 0.4) is 0 Å². The SMILES string of the molecule is O=C(N[C@H](c1ccccn1)C1CC(O)C1)c1ccccc1OC(F)F. The second-order valence-corrected chi connectivity index (χ2v) is 5.97. The molecule has 0 bridgehead atoms. The number of amides is 1. The second kappa shape index (κ2) is 7.57. The normalized spacial score (nSPS) is 20.6. The van der Waals surface area contributed by atoms with E-state index in [1.165, 1.54) is 18.2 Å². The number of nitrogens with zero attached hydrogens (tertiary/aromatic N) is 1. The monoisotopic (exact) mass is 348 g/mol. The Kier molecular flexibility index (Phi) is 5.23. The third-order valence-electron chi connectivity index (χ3n) is 4.26. The number of aromatic nitrogens is 1. The Morgan fingerprint density at radius 2 is 1.92 bits per heavy atom. The quantitative estimate of drug-likeness (QED) is 0.842. The number of hydrogen-bond donors (Lipinski definition) is 2. The van der Waals surface area contributed by atoms with Crippen molar-refractivity contribution in [1.29, 1.82) is 0 Å². The molecular weight excluding hydrogens is 330 g/mol. The molecule has 1 atom stereocenters. The zero-order chi connectivity index (χ0) is 17.8. The molecule has 1 fully saturated rings. The third-order valence-corrected chi connectivity index (χ3v) is 4.26. The summed E-state index contributed by atoms with van der Waals surface area (Å²) in [5, 5.41) is 12.4.